The van der Waals surface area contributed by atoms with E-state index in [-0.39, 0.29) is 12.1 Å². The number of nitrogens with zero attached hydrogens (tertiary/aromatic N) is 1. The molecule has 1 heterocycles. The number of likely N-dealkylation sites (N-methyl/N-ethyl adjacent to an activating group) is 1. The molecule has 1 unspecified atom stereocenters. The second-order valence-corrected chi connectivity index (χ2v) is 3.38. The van der Waals surface area contributed by atoms with Gasteiger partial charge in [0.25, 0.3) is 0 Å². The Morgan fingerprint density at radius 2 is 2.43 bits per heavy atom. The highest BCUT2D eigenvalue weighted by atomic mass is 16.7. The second-order valence-electron chi connectivity index (χ2n) is 3.38. The summed E-state index contributed by atoms with van der Waals surface area (Å²) in [7, 11) is 3.26. The molecule has 0 bridgehead atoms. The summed E-state index contributed by atoms with van der Waals surface area (Å²) < 4.78 is 15.0. The molecule has 82 valence electrons. The molecule has 0 N–H and O–H groups in total. The first kappa shape index (κ1) is 11.4. The molecule has 1 atom stereocenters. The van der Waals surface area contributed by atoms with Crippen molar-refractivity contribution in [3.05, 3.63) is 0 Å². The second kappa shape index (κ2) is 5.95. The maximum absolute atomic E-state index is 10.9. The fourth-order valence-corrected chi connectivity index (χ4v) is 1.34. The van der Waals surface area contributed by atoms with E-state index in [1.165, 1.54) is 7.11 Å². The third-order valence-corrected chi connectivity index (χ3v) is 2.11. The van der Waals surface area contributed by atoms with Gasteiger partial charge in [-0.25, -0.2) is 0 Å². The average Bonchev–Trinajstić information content (AvgIpc) is 2.19. The van der Waals surface area contributed by atoms with Crippen LogP contribution in [0.3, 0.4) is 0 Å². The van der Waals surface area contributed by atoms with Crippen molar-refractivity contribution in [3.63, 3.8) is 0 Å². The van der Waals surface area contributed by atoms with E-state index in [0.29, 0.717) is 13.3 Å². The highest BCUT2D eigenvalue weighted by Crippen LogP contribution is 2.06. The van der Waals surface area contributed by atoms with Crippen LogP contribution < -0.4 is 0 Å². The molecule has 1 fully saturated rings. The van der Waals surface area contributed by atoms with Crippen LogP contribution in [0.2, 0.25) is 0 Å². The summed E-state index contributed by atoms with van der Waals surface area (Å²) in [5.74, 6) is -0.223. The standard InChI is InChI=1S/C9H17NO4/c1-10(6-9(11)12-2)5-8-3-4-13-7-14-8/h8H,3-7H2,1-2H3. The Hall–Kier alpha value is -0.650. The van der Waals surface area contributed by atoms with Crippen molar-refractivity contribution >= 4 is 5.97 Å². The Morgan fingerprint density at radius 1 is 1.64 bits per heavy atom. The smallest absolute Gasteiger partial charge is 0.319 e. The Bertz CT molecular complexity index is 180. The Balaban J connectivity index is 2.18. The van der Waals surface area contributed by atoms with Crippen molar-refractivity contribution in [3.8, 4) is 0 Å². The molecule has 0 radical (unpaired) electrons. The summed E-state index contributed by atoms with van der Waals surface area (Å²) in [4.78, 5) is 12.8. The molecule has 1 saturated heterocycles. The highest BCUT2D eigenvalue weighted by molar-refractivity contribution is 5.71. The van der Waals surface area contributed by atoms with Gasteiger partial charge in [-0.15, -0.1) is 0 Å². The molecule has 5 nitrogen and oxygen atoms in total. The van der Waals surface area contributed by atoms with Gasteiger partial charge in [0.2, 0.25) is 0 Å². The van der Waals surface area contributed by atoms with Gasteiger partial charge in [0.15, 0.2) is 0 Å². The molecule has 1 rings (SSSR count). The summed E-state index contributed by atoms with van der Waals surface area (Å²) in [6.45, 7) is 2.13. The van der Waals surface area contributed by atoms with E-state index in [1.54, 1.807) is 0 Å². The molecule has 0 spiro atoms. The van der Waals surface area contributed by atoms with Gasteiger partial charge in [0, 0.05) is 6.54 Å². The molecule has 0 aliphatic carbocycles. The number of esters is 1. The van der Waals surface area contributed by atoms with E-state index in [9.17, 15) is 4.79 Å². The van der Waals surface area contributed by atoms with Crippen molar-refractivity contribution in [2.24, 2.45) is 0 Å². The summed E-state index contributed by atoms with van der Waals surface area (Å²) in [6, 6.07) is 0. The molecule has 0 saturated carbocycles. The van der Waals surface area contributed by atoms with Gasteiger partial charge in [-0.2, -0.15) is 0 Å². The quantitative estimate of drug-likeness (QED) is 0.595. The summed E-state index contributed by atoms with van der Waals surface area (Å²) in [6.07, 6.45) is 1.05. The monoisotopic (exact) mass is 203 g/mol. The first-order chi connectivity index (χ1) is 6.72. The van der Waals surface area contributed by atoms with Crippen LogP contribution >= 0.6 is 0 Å². The van der Waals surface area contributed by atoms with Crippen LogP contribution in [0.4, 0.5) is 0 Å². The molecule has 0 aromatic rings. The number of rotatable bonds is 4. The van der Waals surface area contributed by atoms with E-state index in [4.69, 9.17) is 9.47 Å². The average molecular weight is 203 g/mol. The maximum Gasteiger partial charge on any atom is 0.319 e. The molecular weight excluding hydrogens is 186 g/mol. The maximum atomic E-state index is 10.9. The molecule has 14 heavy (non-hydrogen) atoms. The molecule has 1 aliphatic rings. The van der Waals surface area contributed by atoms with Crippen LogP contribution in [0.1, 0.15) is 6.42 Å². The lowest BCUT2D eigenvalue weighted by Gasteiger charge is -2.26. The highest BCUT2D eigenvalue weighted by Gasteiger charge is 2.17. The Kier molecular flexibility index (Phi) is 4.86. The van der Waals surface area contributed by atoms with Gasteiger partial charge in [-0.3, -0.25) is 9.69 Å². The minimum Gasteiger partial charge on any atom is -0.468 e. The van der Waals surface area contributed by atoms with Crippen molar-refractivity contribution in [2.45, 2.75) is 12.5 Å². The zero-order valence-electron chi connectivity index (χ0n) is 8.69. The van der Waals surface area contributed by atoms with Crippen LogP contribution in [0.25, 0.3) is 0 Å². The van der Waals surface area contributed by atoms with Gasteiger partial charge >= 0.3 is 5.97 Å². The Morgan fingerprint density at radius 3 is 3.00 bits per heavy atom. The van der Waals surface area contributed by atoms with Crippen LogP contribution in [0.15, 0.2) is 0 Å². The number of carbonyl (C=O) groups is 1. The van der Waals surface area contributed by atoms with Crippen LogP contribution in [0, 0.1) is 0 Å². The third-order valence-electron chi connectivity index (χ3n) is 2.11. The normalized spacial score (nSPS) is 22.4. The zero-order valence-corrected chi connectivity index (χ0v) is 8.69. The molecule has 0 aromatic carbocycles. The van der Waals surface area contributed by atoms with E-state index in [0.717, 1.165) is 19.6 Å². The minimum atomic E-state index is -0.223. The van der Waals surface area contributed by atoms with E-state index >= 15 is 0 Å². The number of methoxy groups -OCH3 is 1. The van der Waals surface area contributed by atoms with E-state index < -0.39 is 0 Å². The van der Waals surface area contributed by atoms with Crippen LogP contribution in [0.5, 0.6) is 0 Å². The molecule has 5 heteroatoms. The lowest BCUT2D eigenvalue weighted by atomic mass is 10.2. The predicted molar refractivity (Wildman–Crippen MR) is 49.8 cm³/mol. The van der Waals surface area contributed by atoms with Crippen molar-refractivity contribution in [1.29, 1.82) is 0 Å². The van der Waals surface area contributed by atoms with Gasteiger partial charge in [-0.05, 0) is 13.5 Å². The van der Waals surface area contributed by atoms with Gasteiger partial charge in [0.1, 0.15) is 6.79 Å². The van der Waals surface area contributed by atoms with Crippen molar-refractivity contribution < 1.29 is 19.0 Å². The fourth-order valence-electron chi connectivity index (χ4n) is 1.34. The minimum absolute atomic E-state index is 0.165. The number of hydrogen-bond acceptors (Lipinski definition) is 5. The fraction of sp³-hybridized carbons (Fsp3) is 0.889. The number of ether oxygens (including phenoxy) is 3. The predicted octanol–water partition coefficient (Wildman–Crippen LogP) is -0.146. The molecule has 0 aromatic heterocycles. The first-order valence-corrected chi connectivity index (χ1v) is 4.67. The van der Waals surface area contributed by atoms with Crippen molar-refractivity contribution in [1.82, 2.24) is 4.90 Å². The molecular formula is C9H17NO4. The van der Waals surface area contributed by atoms with E-state index in [2.05, 4.69) is 4.74 Å². The lowest BCUT2D eigenvalue weighted by molar-refractivity contribution is -0.149. The largest absolute Gasteiger partial charge is 0.468 e. The van der Waals surface area contributed by atoms with Crippen LogP contribution in [-0.2, 0) is 19.0 Å². The van der Waals surface area contributed by atoms with Gasteiger partial charge in [-0.1, -0.05) is 0 Å². The lowest BCUT2D eigenvalue weighted by Crippen LogP contribution is -2.37. The topological polar surface area (TPSA) is 48.0 Å². The first-order valence-electron chi connectivity index (χ1n) is 4.67. The SMILES string of the molecule is COC(=O)CN(C)CC1CCOCO1. The number of carbonyl (C=O) groups excluding carboxylic acids is 1. The zero-order chi connectivity index (χ0) is 10.4. The van der Waals surface area contributed by atoms with Gasteiger partial charge in [0.05, 0.1) is 26.4 Å². The Labute approximate surface area is 83.9 Å². The van der Waals surface area contributed by atoms with Crippen LogP contribution in [-0.4, -0.2) is 57.6 Å². The molecule has 0 amide bonds. The summed E-state index contributed by atoms with van der Waals surface area (Å²) >= 11 is 0. The number of hydrogen-bond donors (Lipinski definition) is 0. The summed E-state index contributed by atoms with van der Waals surface area (Å²) in [5, 5.41) is 0. The third kappa shape index (κ3) is 4.04. The van der Waals surface area contributed by atoms with Gasteiger partial charge < -0.3 is 14.2 Å². The van der Waals surface area contributed by atoms with E-state index in [1.807, 2.05) is 11.9 Å². The van der Waals surface area contributed by atoms with Crippen molar-refractivity contribution in [2.75, 3.05) is 40.6 Å². The summed E-state index contributed by atoms with van der Waals surface area (Å²) in [5.41, 5.74) is 0. The molecule has 1 aliphatic heterocycles.